The fourth-order valence-corrected chi connectivity index (χ4v) is 3.48. The first-order valence-corrected chi connectivity index (χ1v) is 11.0. The van der Waals surface area contributed by atoms with Gasteiger partial charge < -0.3 is 10.1 Å². The van der Waals surface area contributed by atoms with E-state index in [4.69, 9.17) is 4.74 Å². The molecule has 2 heterocycles. The van der Waals surface area contributed by atoms with Gasteiger partial charge in [-0.1, -0.05) is 13.0 Å². The van der Waals surface area contributed by atoms with Gasteiger partial charge in [0.15, 0.2) is 0 Å². The lowest BCUT2D eigenvalue weighted by atomic mass is 10.1. The van der Waals surface area contributed by atoms with E-state index in [1.165, 1.54) is 12.1 Å². The van der Waals surface area contributed by atoms with E-state index in [0.29, 0.717) is 35.4 Å². The van der Waals surface area contributed by atoms with Gasteiger partial charge in [0.1, 0.15) is 11.6 Å². The number of hydrogen-bond acceptors (Lipinski definition) is 4. The van der Waals surface area contributed by atoms with Crippen LogP contribution in [0.3, 0.4) is 0 Å². The Balaban J connectivity index is 1.62. The van der Waals surface area contributed by atoms with Gasteiger partial charge in [-0.05, 0) is 79.1 Å². The Labute approximate surface area is 204 Å². The molecule has 0 atom stereocenters. The van der Waals surface area contributed by atoms with Crippen molar-refractivity contribution in [3.8, 4) is 22.8 Å². The molecular weight excluding hydrogens is 474 g/mol. The molecule has 0 bridgehead atoms. The second-order valence-electron chi connectivity index (χ2n) is 7.97. The van der Waals surface area contributed by atoms with Crippen molar-refractivity contribution in [1.82, 2.24) is 9.97 Å². The minimum atomic E-state index is -4.68. The number of nitrogens with zero attached hydrogens (tertiary/aromatic N) is 2. The SMILES string of the molecule is CCc1cc(-c2cccnc2Oc2cc(C(=O)Nc3cc(C(F)(F)F)ccc3F)ccc2C)ccn1. The van der Waals surface area contributed by atoms with Crippen LogP contribution in [0.2, 0.25) is 0 Å². The van der Waals surface area contributed by atoms with Crippen molar-refractivity contribution < 1.29 is 27.1 Å². The Morgan fingerprint density at radius 3 is 2.56 bits per heavy atom. The van der Waals surface area contributed by atoms with Crippen LogP contribution < -0.4 is 10.1 Å². The van der Waals surface area contributed by atoms with E-state index in [1.807, 2.05) is 25.1 Å². The third-order valence-electron chi connectivity index (χ3n) is 5.46. The topological polar surface area (TPSA) is 64.1 Å². The maximum Gasteiger partial charge on any atom is 0.416 e. The summed E-state index contributed by atoms with van der Waals surface area (Å²) in [6.45, 7) is 3.77. The average molecular weight is 495 g/mol. The Kier molecular flexibility index (Phi) is 7.00. The summed E-state index contributed by atoms with van der Waals surface area (Å²) < 4.78 is 59.2. The fourth-order valence-electron chi connectivity index (χ4n) is 3.48. The third-order valence-corrected chi connectivity index (χ3v) is 5.46. The molecule has 36 heavy (non-hydrogen) atoms. The van der Waals surface area contributed by atoms with Crippen LogP contribution in [0, 0.1) is 12.7 Å². The highest BCUT2D eigenvalue weighted by molar-refractivity contribution is 6.04. The summed E-state index contributed by atoms with van der Waals surface area (Å²) in [5.41, 5.74) is 1.59. The molecule has 184 valence electrons. The Hall–Kier alpha value is -4.27. The highest BCUT2D eigenvalue weighted by Gasteiger charge is 2.31. The van der Waals surface area contributed by atoms with Gasteiger partial charge in [-0.15, -0.1) is 0 Å². The van der Waals surface area contributed by atoms with E-state index in [9.17, 15) is 22.4 Å². The van der Waals surface area contributed by atoms with E-state index in [2.05, 4.69) is 15.3 Å². The first-order chi connectivity index (χ1) is 17.2. The van der Waals surface area contributed by atoms with Crippen molar-refractivity contribution in [2.24, 2.45) is 0 Å². The maximum atomic E-state index is 14.1. The van der Waals surface area contributed by atoms with E-state index in [1.54, 1.807) is 31.5 Å². The van der Waals surface area contributed by atoms with Crippen LogP contribution in [0.4, 0.5) is 23.2 Å². The first kappa shape index (κ1) is 24.8. The number of ether oxygens (including phenoxy) is 1. The highest BCUT2D eigenvalue weighted by atomic mass is 19.4. The lowest BCUT2D eigenvalue weighted by Gasteiger charge is -2.14. The molecule has 0 saturated carbocycles. The van der Waals surface area contributed by atoms with Gasteiger partial charge in [-0.2, -0.15) is 13.2 Å². The predicted molar refractivity (Wildman–Crippen MR) is 127 cm³/mol. The number of amides is 1. The second-order valence-corrected chi connectivity index (χ2v) is 7.97. The summed E-state index contributed by atoms with van der Waals surface area (Å²) in [7, 11) is 0. The summed E-state index contributed by atoms with van der Waals surface area (Å²) in [5.74, 6) is -1.16. The number of anilines is 1. The third kappa shape index (κ3) is 5.51. The van der Waals surface area contributed by atoms with E-state index >= 15 is 0 Å². The molecule has 2 aromatic heterocycles. The molecule has 1 N–H and O–H groups in total. The van der Waals surface area contributed by atoms with Crippen molar-refractivity contribution >= 4 is 11.6 Å². The number of halogens is 4. The summed E-state index contributed by atoms with van der Waals surface area (Å²) >= 11 is 0. The minimum Gasteiger partial charge on any atom is -0.438 e. The predicted octanol–water partition coefficient (Wildman–Crippen LogP) is 7.22. The second kappa shape index (κ2) is 10.2. The molecule has 4 aromatic rings. The number of aromatic nitrogens is 2. The number of benzene rings is 2. The van der Waals surface area contributed by atoms with Gasteiger partial charge >= 0.3 is 6.18 Å². The Morgan fingerprint density at radius 1 is 1.00 bits per heavy atom. The number of rotatable bonds is 6. The molecule has 0 aliphatic carbocycles. The molecule has 0 spiro atoms. The van der Waals surface area contributed by atoms with E-state index < -0.39 is 29.2 Å². The number of carbonyl (C=O) groups is 1. The standard InChI is InChI=1S/C27H21F4N3O2/c1-3-20-13-17(10-12-32-20)21-5-4-11-33-26(21)36-24-14-18(7-6-16(24)2)25(35)34-23-15-19(27(29,30)31)8-9-22(23)28/h4-15H,3H2,1-2H3,(H,34,35). The number of hydrogen-bond donors (Lipinski definition) is 1. The molecule has 5 nitrogen and oxygen atoms in total. The molecule has 0 saturated heterocycles. The molecule has 0 fully saturated rings. The quantitative estimate of drug-likeness (QED) is 0.287. The summed E-state index contributed by atoms with van der Waals surface area (Å²) in [6, 6.07) is 13.7. The van der Waals surface area contributed by atoms with Crippen molar-refractivity contribution in [1.29, 1.82) is 0 Å². The highest BCUT2D eigenvalue weighted by Crippen LogP contribution is 2.34. The van der Waals surface area contributed by atoms with Crippen LogP contribution in [0.5, 0.6) is 11.6 Å². The van der Waals surface area contributed by atoms with E-state index in [-0.39, 0.29) is 5.56 Å². The normalized spacial score (nSPS) is 11.3. The number of pyridine rings is 2. The van der Waals surface area contributed by atoms with Crippen LogP contribution in [0.25, 0.3) is 11.1 Å². The summed E-state index contributed by atoms with van der Waals surface area (Å²) in [6.07, 6.45) is -0.644. The summed E-state index contributed by atoms with van der Waals surface area (Å²) in [4.78, 5) is 21.4. The van der Waals surface area contributed by atoms with Gasteiger partial charge in [0.2, 0.25) is 5.88 Å². The largest absolute Gasteiger partial charge is 0.438 e. The zero-order valence-corrected chi connectivity index (χ0v) is 19.4. The zero-order valence-electron chi connectivity index (χ0n) is 19.4. The number of carbonyl (C=O) groups excluding carboxylic acids is 1. The molecule has 2 aromatic carbocycles. The smallest absolute Gasteiger partial charge is 0.416 e. The van der Waals surface area contributed by atoms with Gasteiger partial charge in [-0.3, -0.25) is 9.78 Å². The van der Waals surface area contributed by atoms with Crippen molar-refractivity contribution in [3.63, 3.8) is 0 Å². The van der Waals surface area contributed by atoms with Crippen LogP contribution >= 0.6 is 0 Å². The monoisotopic (exact) mass is 495 g/mol. The molecule has 9 heteroatoms. The minimum absolute atomic E-state index is 0.0714. The van der Waals surface area contributed by atoms with Crippen molar-refractivity contribution in [2.75, 3.05) is 5.32 Å². The van der Waals surface area contributed by atoms with Gasteiger partial charge in [0, 0.05) is 29.2 Å². The van der Waals surface area contributed by atoms with Gasteiger partial charge in [0.25, 0.3) is 5.91 Å². The van der Waals surface area contributed by atoms with Crippen LogP contribution in [0.15, 0.2) is 73.1 Å². The average Bonchev–Trinajstić information content (AvgIpc) is 2.86. The molecule has 0 aliphatic rings. The lowest BCUT2D eigenvalue weighted by Crippen LogP contribution is -2.14. The zero-order chi connectivity index (χ0) is 25.9. The molecule has 1 amide bonds. The Morgan fingerprint density at radius 2 is 1.81 bits per heavy atom. The molecule has 0 radical (unpaired) electrons. The molecule has 0 unspecified atom stereocenters. The number of nitrogens with one attached hydrogen (secondary N) is 1. The van der Waals surface area contributed by atoms with Crippen LogP contribution in [-0.2, 0) is 12.6 Å². The van der Waals surface area contributed by atoms with E-state index in [0.717, 1.165) is 23.2 Å². The van der Waals surface area contributed by atoms with Gasteiger partial charge in [-0.25, -0.2) is 9.37 Å². The Bertz CT molecular complexity index is 1420. The molecule has 4 rings (SSSR count). The molecular formula is C27H21F4N3O2. The van der Waals surface area contributed by atoms with Crippen LogP contribution in [-0.4, -0.2) is 15.9 Å². The number of alkyl halides is 3. The maximum absolute atomic E-state index is 14.1. The van der Waals surface area contributed by atoms with Gasteiger partial charge in [0.05, 0.1) is 11.3 Å². The number of aryl methyl sites for hydroxylation is 2. The summed E-state index contributed by atoms with van der Waals surface area (Å²) in [5, 5.41) is 2.21. The van der Waals surface area contributed by atoms with Crippen molar-refractivity contribution in [3.05, 3.63) is 101 Å². The van der Waals surface area contributed by atoms with Crippen LogP contribution in [0.1, 0.15) is 34.1 Å². The fraction of sp³-hybridized carbons (Fsp3) is 0.148. The van der Waals surface area contributed by atoms with Crippen molar-refractivity contribution in [2.45, 2.75) is 26.4 Å². The lowest BCUT2D eigenvalue weighted by molar-refractivity contribution is -0.137. The first-order valence-electron chi connectivity index (χ1n) is 11.0. The molecule has 0 aliphatic heterocycles.